The predicted octanol–water partition coefficient (Wildman–Crippen LogP) is 3.38. The van der Waals surface area contributed by atoms with Crippen molar-refractivity contribution in [2.75, 3.05) is 14.1 Å². The minimum Gasteiger partial charge on any atom is -0.468 e. The molecule has 1 heterocycles. The molecule has 136 valence electrons. The maximum absolute atomic E-state index is 5.43. The number of benzene rings is 1. The third-order valence-corrected chi connectivity index (χ3v) is 3.73. The fourth-order valence-corrected chi connectivity index (χ4v) is 2.61. The zero-order valence-electron chi connectivity index (χ0n) is 16.0. The van der Waals surface area contributed by atoms with Gasteiger partial charge < -0.3 is 15.1 Å². The van der Waals surface area contributed by atoms with Crippen LogP contribution in [0.3, 0.4) is 0 Å². The summed E-state index contributed by atoms with van der Waals surface area (Å²) in [6, 6.07) is 12.4. The van der Waals surface area contributed by atoms with Gasteiger partial charge in [-0.2, -0.15) is 0 Å². The summed E-state index contributed by atoms with van der Waals surface area (Å²) in [7, 11) is 3.90. The zero-order chi connectivity index (χ0) is 18.3. The first-order chi connectivity index (χ1) is 11.9. The van der Waals surface area contributed by atoms with Gasteiger partial charge >= 0.3 is 0 Å². The Morgan fingerprint density at radius 1 is 1.08 bits per heavy atom. The molecule has 0 unspecified atom stereocenters. The van der Waals surface area contributed by atoms with E-state index in [1.807, 2.05) is 12.1 Å². The first-order valence-electron chi connectivity index (χ1n) is 8.64. The van der Waals surface area contributed by atoms with Crippen LogP contribution < -0.4 is 10.6 Å². The van der Waals surface area contributed by atoms with Crippen LogP contribution in [0.25, 0.3) is 0 Å². The quantitative estimate of drug-likeness (QED) is 0.624. The van der Waals surface area contributed by atoms with E-state index in [4.69, 9.17) is 4.42 Å². The second kappa shape index (κ2) is 8.72. The SMILES string of the molecule is CN=C(NCc1ccccc1CN(C)Cc1ccco1)NC(C)(C)C. The van der Waals surface area contributed by atoms with E-state index in [1.54, 1.807) is 13.3 Å². The van der Waals surface area contributed by atoms with Gasteiger partial charge in [0, 0.05) is 25.7 Å². The molecule has 2 aromatic rings. The van der Waals surface area contributed by atoms with Crippen molar-refractivity contribution in [3.8, 4) is 0 Å². The normalized spacial score (nSPS) is 12.5. The number of aliphatic imine (C=N–C) groups is 1. The molecule has 0 radical (unpaired) electrons. The molecule has 2 N–H and O–H groups in total. The van der Waals surface area contributed by atoms with Crippen molar-refractivity contribution in [1.82, 2.24) is 15.5 Å². The van der Waals surface area contributed by atoms with Gasteiger partial charge in [0.15, 0.2) is 5.96 Å². The standard InChI is InChI=1S/C20H30N4O/c1-20(2,3)23-19(21-4)22-13-16-9-6-7-10-17(16)14-24(5)15-18-11-8-12-25-18/h6-12H,13-15H2,1-5H3,(H2,21,22,23). The summed E-state index contributed by atoms with van der Waals surface area (Å²) < 4.78 is 5.43. The third kappa shape index (κ3) is 6.63. The van der Waals surface area contributed by atoms with E-state index in [0.717, 1.165) is 31.4 Å². The number of hydrogen-bond donors (Lipinski definition) is 2. The summed E-state index contributed by atoms with van der Waals surface area (Å²) in [4.78, 5) is 6.55. The monoisotopic (exact) mass is 342 g/mol. The lowest BCUT2D eigenvalue weighted by Crippen LogP contribution is -2.47. The van der Waals surface area contributed by atoms with E-state index in [2.05, 4.69) is 72.6 Å². The Labute approximate surface area is 151 Å². The van der Waals surface area contributed by atoms with Crippen LogP contribution in [0.5, 0.6) is 0 Å². The molecule has 0 spiro atoms. The van der Waals surface area contributed by atoms with Gasteiger partial charge in [0.2, 0.25) is 0 Å². The van der Waals surface area contributed by atoms with Crippen molar-refractivity contribution in [2.45, 2.75) is 45.9 Å². The molecule has 0 amide bonds. The summed E-state index contributed by atoms with van der Waals surface area (Å²) in [6.07, 6.45) is 1.72. The molecule has 2 rings (SSSR count). The van der Waals surface area contributed by atoms with Gasteiger partial charge in [-0.25, -0.2) is 0 Å². The van der Waals surface area contributed by atoms with Crippen molar-refractivity contribution in [3.05, 3.63) is 59.5 Å². The second-order valence-corrected chi connectivity index (χ2v) is 7.32. The Hall–Kier alpha value is -2.27. The number of furan rings is 1. The van der Waals surface area contributed by atoms with Crippen molar-refractivity contribution in [3.63, 3.8) is 0 Å². The van der Waals surface area contributed by atoms with Crippen LogP contribution in [0.2, 0.25) is 0 Å². The third-order valence-electron chi connectivity index (χ3n) is 3.73. The van der Waals surface area contributed by atoms with Gasteiger partial charge in [-0.05, 0) is 51.1 Å². The summed E-state index contributed by atoms with van der Waals surface area (Å²) in [5.74, 6) is 1.79. The fourth-order valence-electron chi connectivity index (χ4n) is 2.61. The molecule has 0 aliphatic heterocycles. The van der Waals surface area contributed by atoms with Crippen molar-refractivity contribution >= 4 is 5.96 Å². The van der Waals surface area contributed by atoms with Crippen molar-refractivity contribution in [2.24, 2.45) is 4.99 Å². The first-order valence-corrected chi connectivity index (χ1v) is 8.64. The van der Waals surface area contributed by atoms with E-state index in [1.165, 1.54) is 11.1 Å². The van der Waals surface area contributed by atoms with Gasteiger partial charge in [-0.3, -0.25) is 9.89 Å². The van der Waals surface area contributed by atoms with Crippen LogP contribution in [0.1, 0.15) is 37.7 Å². The lowest BCUT2D eigenvalue weighted by molar-refractivity contribution is 0.287. The molecule has 0 saturated carbocycles. The van der Waals surface area contributed by atoms with Crippen LogP contribution in [0.4, 0.5) is 0 Å². The van der Waals surface area contributed by atoms with Crippen LogP contribution in [0, 0.1) is 0 Å². The summed E-state index contributed by atoms with van der Waals surface area (Å²) >= 11 is 0. The van der Waals surface area contributed by atoms with Crippen LogP contribution >= 0.6 is 0 Å². The average Bonchev–Trinajstić information content (AvgIpc) is 3.04. The van der Waals surface area contributed by atoms with Gasteiger partial charge in [0.05, 0.1) is 12.8 Å². The van der Waals surface area contributed by atoms with Gasteiger partial charge in [0.1, 0.15) is 5.76 Å². The van der Waals surface area contributed by atoms with Crippen LogP contribution in [-0.2, 0) is 19.6 Å². The molecule has 0 aliphatic carbocycles. The Kier molecular flexibility index (Phi) is 6.65. The second-order valence-electron chi connectivity index (χ2n) is 7.32. The maximum atomic E-state index is 5.43. The highest BCUT2D eigenvalue weighted by Gasteiger charge is 2.12. The van der Waals surface area contributed by atoms with E-state index >= 15 is 0 Å². The topological polar surface area (TPSA) is 52.8 Å². The lowest BCUT2D eigenvalue weighted by Gasteiger charge is -2.24. The molecule has 1 aromatic carbocycles. The molecule has 5 heteroatoms. The maximum Gasteiger partial charge on any atom is 0.191 e. The van der Waals surface area contributed by atoms with Gasteiger partial charge in [0.25, 0.3) is 0 Å². The number of nitrogens with one attached hydrogen (secondary N) is 2. The van der Waals surface area contributed by atoms with E-state index in [9.17, 15) is 0 Å². The highest BCUT2D eigenvalue weighted by atomic mass is 16.3. The fraction of sp³-hybridized carbons (Fsp3) is 0.450. The minimum atomic E-state index is -0.0232. The van der Waals surface area contributed by atoms with Crippen molar-refractivity contribution in [1.29, 1.82) is 0 Å². The molecular formula is C20H30N4O. The number of guanidine groups is 1. The molecule has 0 atom stereocenters. The highest BCUT2D eigenvalue weighted by molar-refractivity contribution is 5.80. The van der Waals surface area contributed by atoms with Crippen molar-refractivity contribution < 1.29 is 4.42 Å². The van der Waals surface area contributed by atoms with E-state index in [-0.39, 0.29) is 5.54 Å². The minimum absolute atomic E-state index is 0.0232. The zero-order valence-corrected chi connectivity index (χ0v) is 16.0. The van der Waals surface area contributed by atoms with Crippen LogP contribution in [-0.4, -0.2) is 30.5 Å². The summed E-state index contributed by atoms with van der Waals surface area (Å²) in [5, 5.41) is 6.79. The Morgan fingerprint density at radius 3 is 2.40 bits per heavy atom. The van der Waals surface area contributed by atoms with E-state index in [0.29, 0.717) is 0 Å². The molecule has 1 aromatic heterocycles. The molecule has 0 fully saturated rings. The predicted molar refractivity (Wildman–Crippen MR) is 103 cm³/mol. The van der Waals surface area contributed by atoms with Gasteiger partial charge in [-0.15, -0.1) is 0 Å². The number of rotatable bonds is 6. The lowest BCUT2D eigenvalue weighted by atomic mass is 10.1. The molecule has 0 saturated heterocycles. The largest absolute Gasteiger partial charge is 0.468 e. The smallest absolute Gasteiger partial charge is 0.191 e. The first kappa shape index (κ1) is 19.1. The summed E-state index contributed by atoms with van der Waals surface area (Å²) in [5.41, 5.74) is 2.55. The van der Waals surface area contributed by atoms with Gasteiger partial charge in [-0.1, -0.05) is 24.3 Å². The highest BCUT2D eigenvalue weighted by Crippen LogP contribution is 2.13. The Bertz CT molecular complexity index is 671. The van der Waals surface area contributed by atoms with E-state index < -0.39 is 0 Å². The molecule has 0 bridgehead atoms. The Balaban J connectivity index is 1.97. The Morgan fingerprint density at radius 2 is 1.80 bits per heavy atom. The number of hydrogen-bond acceptors (Lipinski definition) is 3. The molecule has 5 nitrogen and oxygen atoms in total. The molecule has 25 heavy (non-hydrogen) atoms. The average molecular weight is 342 g/mol. The molecular weight excluding hydrogens is 312 g/mol. The van der Waals surface area contributed by atoms with Crippen LogP contribution in [0.15, 0.2) is 52.1 Å². The number of nitrogens with zero attached hydrogens (tertiary/aromatic N) is 2. The molecule has 0 aliphatic rings. The summed E-state index contributed by atoms with van der Waals surface area (Å²) in [6.45, 7) is 8.76.